The second-order valence-corrected chi connectivity index (χ2v) is 6.84. The van der Waals surface area contributed by atoms with Gasteiger partial charge in [-0.25, -0.2) is 0 Å². The molecule has 1 aromatic rings. The van der Waals surface area contributed by atoms with E-state index in [-0.39, 0.29) is 0 Å². The van der Waals surface area contributed by atoms with Crippen LogP contribution in [0.4, 0.5) is 0 Å². The third-order valence-corrected chi connectivity index (χ3v) is 5.73. The van der Waals surface area contributed by atoms with Gasteiger partial charge in [0.25, 0.3) is 0 Å². The molecule has 1 aromatic carbocycles. The maximum absolute atomic E-state index is 5.86. The molecule has 2 heteroatoms. The minimum atomic E-state index is 0.438. The fraction of sp³-hybridized carbons (Fsp3) is 0.467. The molecule has 1 aliphatic heterocycles. The van der Waals surface area contributed by atoms with Gasteiger partial charge in [-0.2, -0.15) is 0 Å². The molecule has 0 radical (unpaired) electrons. The molecule has 1 nitrogen and oxygen atoms in total. The molecule has 2 atom stereocenters. The second-order valence-electron chi connectivity index (χ2n) is 4.55. The van der Waals surface area contributed by atoms with Crippen molar-refractivity contribution in [3.63, 3.8) is 0 Å². The Balaban J connectivity index is 1.70. The Bertz CT molecular complexity index is 328. The van der Waals surface area contributed by atoms with E-state index in [2.05, 4.69) is 36.9 Å². The average molecular weight is 295 g/mol. The molecule has 0 saturated carbocycles. The van der Waals surface area contributed by atoms with Crippen LogP contribution in [0, 0.1) is 5.92 Å². The molecule has 0 N–H and O–H groups in total. The van der Waals surface area contributed by atoms with E-state index in [9.17, 15) is 0 Å². The van der Waals surface area contributed by atoms with E-state index < -0.39 is 0 Å². The van der Waals surface area contributed by atoms with Gasteiger partial charge in [-0.3, -0.25) is 0 Å². The van der Waals surface area contributed by atoms with E-state index in [1.54, 1.807) is 0 Å². The number of ether oxygens (including phenoxy) is 1. The van der Waals surface area contributed by atoms with Gasteiger partial charge in [-0.05, 0) is 0 Å². The van der Waals surface area contributed by atoms with E-state index in [1.165, 1.54) is 22.6 Å². The van der Waals surface area contributed by atoms with E-state index >= 15 is 0 Å². The molecular formula is C15H20OSe. The fourth-order valence-corrected chi connectivity index (χ4v) is 4.28. The van der Waals surface area contributed by atoms with Crippen molar-refractivity contribution in [2.45, 2.75) is 30.7 Å². The van der Waals surface area contributed by atoms with Crippen LogP contribution in [0.2, 0.25) is 5.32 Å². The Hall–Kier alpha value is -0.561. The van der Waals surface area contributed by atoms with Gasteiger partial charge in [0, 0.05) is 0 Å². The zero-order valence-corrected chi connectivity index (χ0v) is 11.9. The van der Waals surface area contributed by atoms with Gasteiger partial charge < -0.3 is 0 Å². The summed E-state index contributed by atoms with van der Waals surface area (Å²) in [4.78, 5) is 0. The van der Waals surface area contributed by atoms with Crippen molar-refractivity contribution in [3.8, 4) is 0 Å². The molecule has 0 bridgehead atoms. The van der Waals surface area contributed by atoms with Crippen LogP contribution >= 0.6 is 0 Å². The molecule has 0 aliphatic carbocycles. The molecule has 0 spiro atoms. The van der Waals surface area contributed by atoms with Crippen molar-refractivity contribution < 1.29 is 4.74 Å². The van der Waals surface area contributed by atoms with Gasteiger partial charge >= 0.3 is 110 Å². The number of rotatable bonds is 5. The standard InChI is InChI=1S/C15H20OSe/c1-2-6-14-10-9-13(11-16-14)12-17-15-7-4-3-5-8-15/h2-5,7-8,13-14H,1,6,9-12H2/t13-,14+/m1/s1. The molecule has 1 aliphatic rings. The zero-order chi connectivity index (χ0) is 11.9. The van der Waals surface area contributed by atoms with Gasteiger partial charge in [-0.1, -0.05) is 0 Å². The Morgan fingerprint density at radius 2 is 2.12 bits per heavy atom. The Labute approximate surface area is 110 Å². The van der Waals surface area contributed by atoms with E-state index in [1.807, 2.05) is 6.08 Å². The first-order valence-corrected chi connectivity index (χ1v) is 8.35. The minimum absolute atomic E-state index is 0.438. The van der Waals surface area contributed by atoms with Gasteiger partial charge in [0.05, 0.1) is 0 Å². The van der Waals surface area contributed by atoms with Gasteiger partial charge in [0.2, 0.25) is 0 Å². The molecule has 0 aromatic heterocycles. The summed E-state index contributed by atoms with van der Waals surface area (Å²) >= 11 is 0.612. The molecule has 1 heterocycles. The molecule has 17 heavy (non-hydrogen) atoms. The van der Waals surface area contributed by atoms with Crippen LogP contribution in [0.15, 0.2) is 43.0 Å². The molecular weight excluding hydrogens is 275 g/mol. The summed E-state index contributed by atoms with van der Waals surface area (Å²) in [6.45, 7) is 4.72. The Morgan fingerprint density at radius 3 is 2.76 bits per heavy atom. The number of hydrogen-bond acceptors (Lipinski definition) is 1. The van der Waals surface area contributed by atoms with Crippen LogP contribution in [0.5, 0.6) is 0 Å². The molecule has 0 amide bonds. The fourth-order valence-electron chi connectivity index (χ4n) is 2.09. The van der Waals surface area contributed by atoms with Gasteiger partial charge in [0.15, 0.2) is 0 Å². The molecule has 1 fully saturated rings. The first-order chi connectivity index (χ1) is 8.38. The van der Waals surface area contributed by atoms with Crippen molar-refractivity contribution in [1.82, 2.24) is 0 Å². The zero-order valence-electron chi connectivity index (χ0n) is 10.2. The predicted molar refractivity (Wildman–Crippen MR) is 73.9 cm³/mol. The van der Waals surface area contributed by atoms with Crippen LogP contribution < -0.4 is 4.46 Å². The molecule has 2 rings (SSSR count). The summed E-state index contributed by atoms with van der Waals surface area (Å²) in [5, 5.41) is 1.32. The molecule has 0 unspecified atom stereocenters. The third-order valence-electron chi connectivity index (χ3n) is 3.12. The van der Waals surface area contributed by atoms with Crippen molar-refractivity contribution >= 4 is 19.4 Å². The van der Waals surface area contributed by atoms with Crippen LogP contribution in [0.25, 0.3) is 0 Å². The van der Waals surface area contributed by atoms with E-state index in [0.29, 0.717) is 21.1 Å². The van der Waals surface area contributed by atoms with Gasteiger partial charge in [-0.15, -0.1) is 0 Å². The SMILES string of the molecule is C=CC[C@H]1CC[C@@H](C[Se]c2ccccc2)CO1. The van der Waals surface area contributed by atoms with Crippen LogP contribution in [0.3, 0.4) is 0 Å². The second kappa shape index (κ2) is 7.00. The van der Waals surface area contributed by atoms with Crippen molar-refractivity contribution in [1.29, 1.82) is 0 Å². The maximum atomic E-state index is 5.86. The van der Waals surface area contributed by atoms with Crippen molar-refractivity contribution in [2.24, 2.45) is 5.92 Å². The predicted octanol–water partition coefficient (Wildman–Crippen LogP) is 2.81. The van der Waals surface area contributed by atoms with Crippen molar-refractivity contribution in [2.75, 3.05) is 6.61 Å². The number of hydrogen-bond donors (Lipinski definition) is 0. The summed E-state index contributed by atoms with van der Waals surface area (Å²) in [5.74, 6) is 0.774. The molecule has 1 saturated heterocycles. The molecule has 92 valence electrons. The monoisotopic (exact) mass is 296 g/mol. The first kappa shape index (κ1) is 12.9. The quantitative estimate of drug-likeness (QED) is 0.599. The summed E-state index contributed by atoms with van der Waals surface area (Å²) in [7, 11) is 0. The summed E-state index contributed by atoms with van der Waals surface area (Å²) in [5.41, 5.74) is 0. The van der Waals surface area contributed by atoms with Crippen molar-refractivity contribution in [3.05, 3.63) is 43.0 Å². The Morgan fingerprint density at radius 1 is 1.29 bits per heavy atom. The summed E-state index contributed by atoms with van der Waals surface area (Å²) in [6.07, 6.45) is 5.96. The third kappa shape index (κ3) is 4.31. The topological polar surface area (TPSA) is 9.23 Å². The van der Waals surface area contributed by atoms with Gasteiger partial charge in [0.1, 0.15) is 0 Å². The van der Waals surface area contributed by atoms with E-state index in [0.717, 1.165) is 18.9 Å². The van der Waals surface area contributed by atoms with Crippen LogP contribution in [0.1, 0.15) is 19.3 Å². The number of benzene rings is 1. The van der Waals surface area contributed by atoms with Crippen LogP contribution in [-0.2, 0) is 4.74 Å². The normalized spacial score (nSPS) is 24.5. The summed E-state index contributed by atoms with van der Waals surface area (Å²) in [6, 6.07) is 10.8. The average Bonchev–Trinajstić information content (AvgIpc) is 2.40. The first-order valence-electron chi connectivity index (χ1n) is 6.29. The Kier molecular flexibility index (Phi) is 5.31. The summed E-state index contributed by atoms with van der Waals surface area (Å²) < 4.78 is 7.37. The van der Waals surface area contributed by atoms with E-state index in [4.69, 9.17) is 4.74 Å². The van der Waals surface area contributed by atoms with Crippen LogP contribution in [-0.4, -0.2) is 27.7 Å².